The molecule has 1 aromatic heterocycles. The number of rotatable bonds is 3. The average molecular weight is 224 g/mol. The highest BCUT2D eigenvalue weighted by atomic mass is 32.1. The lowest BCUT2D eigenvalue weighted by Gasteiger charge is -2.22. The van der Waals surface area contributed by atoms with Gasteiger partial charge in [-0.15, -0.1) is 11.3 Å². The molecule has 0 aliphatic heterocycles. The van der Waals surface area contributed by atoms with Crippen LogP contribution in [-0.4, -0.2) is 11.9 Å². The van der Waals surface area contributed by atoms with E-state index in [0.29, 0.717) is 6.04 Å². The number of carbonyl (C=O) groups is 1. The molecule has 0 spiro atoms. The first-order valence-electron chi connectivity index (χ1n) is 5.45. The molecule has 1 aliphatic carbocycles. The fourth-order valence-electron chi connectivity index (χ4n) is 1.88. The van der Waals surface area contributed by atoms with Gasteiger partial charge in [-0.25, -0.2) is 5.43 Å². The highest BCUT2D eigenvalue weighted by Crippen LogP contribution is 2.16. The minimum absolute atomic E-state index is 0.0180. The molecule has 4 heteroatoms. The van der Waals surface area contributed by atoms with Crippen molar-refractivity contribution < 1.29 is 4.79 Å². The van der Waals surface area contributed by atoms with Crippen molar-refractivity contribution in [1.29, 1.82) is 0 Å². The van der Waals surface area contributed by atoms with E-state index in [4.69, 9.17) is 0 Å². The van der Waals surface area contributed by atoms with Crippen LogP contribution in [0.25, 0.3) is 0 Å². The second-order valence-electron chi connectivity index (χ2n) is 3.91. The average Bonchev–Trinajstić information content (AvgIpc) is 2.81. The maximum atomic E-state index is 11.6. The van der Waals surface area contributed by atoms with Crippen LogP contribution in [0.4, 0.5) is 0 Å². The standard InChI is InChI=1S/C11H16N2OS/c14-11(10-7-4-8-15-10)13-12-9-5-2-1-3-6-9/h4,7-9,12H,1-3,5-6H2,(H,13,14). The molecule has 0 aromatic carbocycles. The zero-order valence-corrected chi connectivity index (χ0v) is 9.48. The third-order valence-electron chi connectivity index (χ3n) is 2.74. The SMILES string of the molecule is O=C(NNC1CCCCC1)c1cccs1. The number of hydrazine groups is 1. The largest absolute Gasteiger partial charge is 0.286 e. The Morgan fingerprint density at radius 1 is 1.33 bits per heavy atom. The van der Waals surface area contributed by atoms with Crippen molar-refractivity contribution in [3.05, 3.63) is 22.4 Å². The smallest absolute Gasteiger partial charge is 0.275 e. The van der Waals surface area contributed by atoms with E-state index in [1.807, 2.05) is 17.5 Å². The zero-order chi connectivity index (χ0) is 10.5. The Morgan fingerprint density at radius 2 is 2.13 bits per heavy atom. The van der Waals surface area contributed by atoms with Crippen LogP contribution in [0, 0.1) is 0 Å². The zero-order valence-electron chi connectivity index (χ0n) is 8.66. The Bertz CT molecular complexity index is 304. The number of carbonyl (C=O) groups excluding carboxylic acids is 1. The van der Waals surface area contributed by atoms with E-state index < -0.39 is 0 Å². The second-order valence-corrected chi connectivity index (χ2v) is 4.86. The maximum absolute atomic E-state index is 11.6. The molecule has 3 nitrogen and oxygen atoms in total. The summed E-state index contributed by atoms with van der Waals surface area (Å²) in [6, 6.07) is 4.19. The monoisotopic (exact) mass is 224 g/mol. The van der Waals surface area contributed by atoms with Crippen molar-refractivity contribution in [3.8, 4) is 0 Å². The van der Waals surface area contributed by atoms with Gasteiger partial charge < -0.3 is 0 Å². The molecule has 1 heterocycles. The van der Waals surface area contributed by atoms with E-state index in [-0.39, 0.29) is 5.91 Å². The van der Waals surface area contributed by atoms with Crippen LogP contribution in [0.1, 0.15) is 41.8 Å². The van der Waals surface area contributed by atoms with Crippen molar-refractivity contribution in [3.63, 3.8) is 0 Å². The Labute approximate surface area is 93.9 Å². The van der Waals surface area contributed by atoms with Gasteiger partial charge in [0.25, 0.3) is 5.91 Å². The van der Waals surface area contributed by atoms with Crippen LogP contribution >= 0.6 is 11.3 Å². The first-order valence-corrected chi connectivity index (χ1v) is 6.33. The van der Waals surface area contributed by atoms with E-state index in [9.17, 15) is 4.79 Å². The molecule has 1 saturated carbocycles. The van der Waals surface area contributed by atoms with Gasteiger partial charge >= 0.3 is 0 Å². The summed E-state index contributed by atoms with van der Waals surface area (Å²) in [5.41, 5.74) is 5.89. The van der Waals surface area contributed by atoms with Gasteiger partial charge in [0, 0.05) is 6.04 Å². The third kappa shape index (κ3) is 3.04. The molecule has 0 radical (unpaired) electrons. The number of thiophene rings is 1. The fourth-order valence-corrected chi connectivity index (χ4v) is 2.50. The van der Waals surface area contributed by atoms with Crippen LogP contribution in [0.15, 0.2) is 17.5 Å². The van der Waals surface area contributed by atoms with Crippen LogP contribution in [0.5, 0.6) is 0 Å². The molecular formula is C11H16N2OS. The maximum Gasteiger partial charge on any atom is 0.275 e. The molecule has 2 rings (SSSR count). The van der Waals surface area contributed by atoms with Gasteiger partial charge in [-0.2, -0.15) is 0 Å². The number of nitrogens with one attached hydrogen (secondary N) is 2. The van der Waals surface area contributed by atoms with Crippen molar-refractivity contribution in [2.45, 2.75) is 38.1 Å². The number of hydrogen-bond acceptors (Lipinski definition) is 3. The quantitative estimate of drug-likeness (QED) is 0.774. The summed E-state index contributed by atoms with van der Waals surface area (Å²) in [6.07, 6.45) is 6.21. The summed E-state index contributed by atoms with van der Waals surface area (Å²) in [5, 5.41) is 1.91. The van der Waals surface area contributed by atoms with Gasteiger partial charge in [0.2, 0.25) is 0 Å². The van der Waals surface area contributed by atoms with E-state index >= 15 is 0 Å². The van der Waals surface area contributed by atoms with Crippen molar-refractivity contribution in [2.75, 3.05) is 0 Å². The molecule has 15 heavy (non-hydrogen) atoms. The Morgan fingerprint density at radius 3 is 2.80 bits per heavy atom. The normalized spacial score (nSPS) is 17.6. The molecular weight excluding hydrogens is 208 g/mol. The predicted octanol–water partition coefficient (Wildman–Crippen LogP) is 2.32. The summed E-state index contributed by atoms with van der Waals surface area (Å²) < 4.78 is 0. The highest BCUT2D eigenvalue weighted by Gasteiger charge is 2.14. The summed E-state index contributed by atoms with van der Waals surface area (Å²) in [7, 11) is 0. The van der Waals surface area contributed by atoms with E-state index in [1.165, 1.54) is 43.4 Å². The van der Waals surface area contributed by atoms with Gasteiger partial charge in [0.05, 0.1) is 4.88 Å². The van der Waals surface area contributed by atoms with Crippen LogP contribution < -0.4 is 10.9 Å². The molecule has 0 bridgehead atoms. The predicted molar refractivity (Wildman–Crippen MR) is 61.8 cm³/mol. The van der Waals surface area contributed by atoms with E-state index in [0.717, 1.165) is 4.88 Å². The Balaban J connectivity index is 1.75. The summed E-state index contributed by atoms with van der Waals surface area (Å²) in [4.78, 5) is 12.3. The van der Waals surface area contributed by atoms with Gasteiger partial charge in [-0.3, -0.25) is 10.2 Å². The molecule has 2 N–H and O–H groups in total. The van der Waals surface area contributed by atoms with Crippen LogP contribution in [0.3, 0.4) is 0 Å². The minimum atomic E-state index is -0.0180. The second kappa shape index (κ2) is 5.28. The molecule has 1 amide bonds. The van der Waals surface area contributed by atoms with Crippen LogP contribution in [0.2, 0.25) is 0 Å². The van der Waals surface area contributed by atoms with E-state index in [2.05, 4.69) is 10.9 Å². The van der Waals surface area contributed by atoms with Gasteiger partial charge in [-0.05, 0) is 24.3 Å². The summed E-state index contributed by atoms with van der Waals surface area (Å²) in [6.45, 7) is 0. The summed E-state index contributed by atoms with van der Waals surface area (Å²) >= 11 is 1.47. The Kier molecular flexibility index (Phi) is 3.75. The molecule has 82 valence electrons. The first-order chi connectivity index (χ1) is 7.36. The Hall–Kier alpha value is -0.870. The highest BCUT2D eigenvalue weighted by molar-refractivity contribution is 7.12. The van der Waals surface area contributed by atoms with Crippen molar-refractivity contribution in [1.82, 2.24) is 10.9 Å². The number of hydrogen-bond donors (Lipinski definition) is 2. The van der Waals surface area contributed by atoms with Gasteiger partial charge in [0.15, 0.2) is 0 Å². The van der Waals surface area contributed by atoms with E-state index in [1.54, 1.807) is 0 Å². The van der Waals surface area contributed by atoms with Crippen LogP contribution in [-0.2, 0) is 0 Å². The lowest BCUT2D eigenvalue weighted by Crippen LogP contribution is -2.44. The molecule has 0 saturated heterocycles. The van der Waals surface area contributed by atoms with Crippen molar-refractivity contribution >= 4 is 17.2 Å². The number of amides is 1. The van der Waals surface area contributed by atoms with Gasteiger partial charge in [-0.1, -0.05) is 25.3 Å². The van der Waals surface area contributed by atoms with Gasteiger partial charge in [0.1, 0.15) is 0 Å². The fraction of sp³-hybridized carbons (Fsp3) is 0.545. The lowest BCUT2D eigenvalue weighted by molar-refractivity contribution is 0.0924. The molecule has 1 aliphatic rings. The summed E-state index contributed by atoms with van der Waals surface area (Å²) in [5.74, 6) is -0.0180. The molecule has 0 unspecified atom stereocenters. The van der Waals surface area contributed by atoms with Crippen molar-refractivity contribution in [2.24, 2.45) is 0 Å². The third-order valence-corrected chi connectivity index (χ3v) is 3.61. The molecule has 1 fully saturated rings. The minimum Gasteiger partial charge on any atom is -0.286 e. The lowest BCUT2D eigenvalue weighted by atomic mass is 9.96. The molecule has 0 atom stereocenters. The molecule has 1 aromatic rings. The topological polar surface area (TPSA) is 41.1 Å². The first kappa shape index (κ1) is 10.6.